The Morgan fingerprint density at radius 3 is 2.61 bits per heavy atom. The third kappa shape index (κ3) is 3.58. The highest BCUT2D eigenvalue weighted by molar-refractivity contribution is 7.22. The Morgan fingerprint density at radius 1 is 1.11 bits per heavy atom. The monoisotopic (exact) mass is 415 g/mol. The number of aromatic nitrogens is 2. The molecule has 4 nitrogen and oxygen atoms in total. The zero-order chi connectivity index (χ0) is 19.7. The van der Waals surface area contributed by atoms with Crippen molar-refractivity contribution in [3.8, 4) is 0 Å². The van der Waals surface area contributed by atoms with Gasteiger partial charge in [-0.05, 0) is 42.0 Å². The van der Waals surface area contributed by atoms with Gasteiger partial charge in [0.2, 0.25) is 0 Å². The van der Waals surface area contributed by atoms with Crippen LogP contribution < -0.4 is 4.90 Å². The van der Waals surface area contributed by atoms with Gasteiger partial charge in [0, 0.05) is 17.4 Å². The molecule has 0 fully saturated rings. The smallest absolute Gasteiger partial charge is 0.266 e. The van der Waals surface area contributed by atoms with Crippen LogP contribution in [0.1, 0.15) is 15.9 Å². The number of thiazole rings is 1. The number of carbonyl (C=O) groups is 1. The highest BCUT2D eigenvalue weighted by Crippen LogP contribution is 2.33. The Morgan fingerprint density at radius 2 is 1.89 bits per heavy atom. The highest BCUT2D eigenvalue weighted by atomic mass is 35.5. The molecule has 8 heteroatoms. The van der Waals surface area contributed by atoms with Gasteiger partial charge in [-0.25, -0.2) is 13.8 Å². The molecule has 0 saturated heterocycles. The van der Waals surface area contributed by atoms with Crippen LogP contribution in [-0.4, -0.2) is 15.9 Å². The SMILES string of the molecule is O=C(c1c(F)cccc1F)N(Cc1cccnc1)c1nc2ccc(Cl)cc2s1. The van der Waals surface area contributed by atoms with E-state index in [1.54, 1.807) is 42.7 Å². The Balaban J connectivity index is 1.82. The molecule has 2 aromatic heterocycles. The lowest BCUT2D eigenvalue weighted by atomic mass is 10.1. The van der Waals surface area contributed by atoms with Gasteiger partial charge in [-0.15, -0.1) is 0 Å². The fourth-order valence-corrected chi connectivity index (χ4v) is 3.98. The second-order valence-corrected chi connectivity index (χ2v) is 7.40. The van der Waals surface area contributed by atoms with Crippen molar-refractivity contribution in [2.45, 2.75) is 6.54 Å². The Bertz CT molecular complexity index is 1150. The molecule has 1 amide bonds. The molecular weight excluding hydrogens is 404 g/mol. The first-order valence-corrected chi connectivity index (χ1v) is 9.43. The van der Waals surface area contributed by atoms with E-state index >= 15 is 0 Å². The van der Waals surface area contributed by atoms with E-state index < -0.39 is 23.1 Å². The molecule has 0 unspecified atom stereocenters. The highest BCUT2D eigenvalue weighted by Gasteiger charge is 2.27. The lowest BCUT2D eigenvalue weighted by Gasteiger charge is -2.20. The molecule has 0 aliphatic rings. The standard InChI is InChI=1S/C20H12ClF2N3OS/c21-13-6-7-16-17(9-13)28-20(25-16)26(11-12-3-2-8-24-10-12)19(27)18-14(22)4-1-5-15(18)23/h1-10H,11H2. The van der Waals surface area contributed by atoms with E-state index in [9.17, 15) is 13.6 Å². The first-order chi connectivity index (χ1) is 13.5. The van der Waals surface area contributed by atoms with Crippen molar-refractivity contribution in [3.63, 3.8) is 0 Å². The number of hydrogen-bond acceptors (Lipinski definition) is 4. The van der Waals surface area contributed by atoms with Crippen molar-refractivity contribution in [3.05, 3.63) is 88.7 Å². The molecule has 0 atom stereocenters. The van der Waals surface area contributed by atoms with Crippen molar-refractivity contribution in [2.24, 2.45) is 0 Å². The number of rotatable bonds is 4. The van der Waals surface area contributed by atoms with Crippen LogP contribution in [0.5, 0.6) is 0 Å². The van der Waals surface area contributed by atoms with Crippen molar-refractivity contribution < 1.29 is 13.6 Å². The van der Waals surface area contributed by atoms with Crippen molar-refractivity contribution >= 4 is 44.2 Å². The first-order valence-electron chi connectivity index (χ1n) is 8.24. The number of amides is 1. The van der Waals surface area contributed by atoms with Crippen molar-refractivity contribution in [1.82, 2.24) is 9.97 Å². The van der Waals surface area contributed by atoms with E-state index in [4.69, 9.17) is 11.6 Å². The summed E-state index contributed by atoms with van der Waals surface area (Å²) in [5.41, 5.74) is 0.718. The lowest BCUT2D eigenvalue weighted by molar-refractivity contribution is 0.0977. The third-order valence-electron chi connectivity index (χ3n) is 4.06. The summed E-state index contributed by atoms with van der Waals surface area (Å²) in [6, 6.07) is 12.0. The van der Waals surface area contributed by atoms with Crippen LogP contribution >= 0.6 is 22.9 Å². The molecule has 4 aromatic rings. The van der Waals surface area contributed by atoms with E-state index in [2.05, 4.69) is 9.97 Å². The molecule has 0 radical (unpaired) electrons. The van der Waals surface area contributed by atoms with Gasteiger partial charge in [0.05, 0.1) is 16.8 Å². The van der Waals surface area contributed by atoms with E-state index in [-0.39, 0.29) is 6.54 Å². The fraction of sp³-hybridized carbons (Fsp3) is 0.0500. The van der Waals surface area contributed by atoms with Crippen LogP contribution in [0, 0.1) is 11.6 Å². The van der Waals surface area contributed by atoms with E-state index in [1.807, 2.05) is 0 Å². The van der Waals surface area contributed by atoms with Gasteiger partial charge < -0.3 is 0 Å². The zero-order valence-electron chi connectivity index (χ0n) is 14.3. The average Bonchev–Trinajstić information content (AvgIpc) is 3.09. The summed E-state index contributed by atoms with van der Waals surface area (Å²) in [5, 5.41) is 0.849. The topological polar surface area (TPSA) is 46.1 Å². The van der Waals surface area contributed by atoms with E-state index in [0.717, 1.165) is 16.8 Å². The van der Waals surface area contributed by atoms with Gasteiger partial charge in [0.25, 0.3) is 5.91 Å². The maximum atomic E-state index is 14.2. The summed E-state index contributed by atoms with van der Waals surface area (Å²) >= 11 is 7.25. The second kappa shape index (κ2) is 7.61. The normalized spacial score (nSPS) is 11.0. The number of halogens is 3. The summed E-state index contributed by atoms with van der Waals surface area (Å²) in [6.07, 6.45) is 3.19. The van der Waals surface area contributed by atoms with Crippen LogP contribution in [0.25, 0.3) is 10.2 Å². The minimum absolute atomic E-state index is 0.0635. The van der Waals surface area contributed by atoms with Crippen molar-refractivity contribution in [1.29, 1.82) is 0 Å². The molecule has 0 N–H and O–H groups in total. The minimum Gasteiger partial charge on any atom is -0.279 e. The molecule has 2 aromatic carbocycles. The summed E-state index contributed by atoms with van der Waals surface area (Å²) in [4.78, 5) is 22.8. The number of nitrogens with zero attached hydrogens (tertiary/aromatic N) is 3. The molecular formula is C20H12ClF2N3OS. The Labute approximate surface area is 168 Å². The van der Waals surface area contributed by atoms with Crippen LogP contribution in [0.2, 0.25) is 5.02 Å². The molecule has 4 rings (SSSR count). The zero-order valence-corrected chi connectivity index (χ0v) is 15.8. The Kier molecular flexibility index (Phi) is 5.02. The number of benzene rings is 2. The van der Waals surface area contributed by atoms with Crippen LogP contribution in [0.4, 0.5) is 13.9 Å². The van der Waals surface area contributed by atoms with Gasteiger partial charge in [-0.1, -0.05) is 35.1 Å². The maximum Gasteiger partial charge on any atom is 0.266 e. The number of fused-ring (bicyclic) bond motifs is 1. The summed E-state index contributed by atoms with van der Waals surface area (Å²) in [7, 11) is 0. The van der Waals surface area contributed by atoms with Gasteiger partial charge in [0.15, 0.2) is 5.13 Å². The lowest BCUT2D eigenvalue weighted by Crippen LogP contribution is -2.32. The largest absolute Gasteiger partial charge is 0.279 e. The number of hydrogen-bond donors (Lipinski definition) is 0. The number of pyridine rings is 1. The second-order valence-electron chi connectivity index (χ2n) is 5.96. The number of carbonyl (C=O) groups excluding carboxylic acids is 1. The molecule has 28 heavy (non-hydrogen) atoms. The van der Waals surface area contributed by atoms with Gasteiger partial charge in [0.1, 0.15) is 17.2 Å². The predicted molar refractivity (Wildman–Crippen MR) is 106 cm³/mol. The summed E-state index contributed by atoms with van der Waals surface area (Å²) in [6.45, 7) is 0.0635. The van der Waals surface area contributed by atoms with Crippen LogP contribution in [-0.2, 0) is 6.54 Å². The Hall–Kier alpha value is -2.90. The molecule has 0 bridgehead atoms. The van der Waals surface area contributed by atoms with Crippen LogP contribution in [0.3, 0.4) is 0 Å². The quantitative estimate of drug-likeness (QED) is 0.444. The number of anilines is 1. The first kappa shape index (κ1) is 18.5. The molecule has 0 aliphatic heterocycles. The molecule has 0 saturated carbocycles. The van der Waals surface area contributed by atoms with Gasteiger partial charge in [-0.2, -0.15) is 0 Å². The summed E-state index contributed by atoms with van der Waals surface area (Å²) in [5.74, 6) is -2.67. The van der Waals surface area contributed by atoms with Gasteiger partial charge in [-0.3, -0.25) is 14.7 Å². The molecule has 0 aliphatic carbocycles. The van der Waals surface area contributed by atoms with Crippen molar-refractivity contribution in [2.75, 3.05) is 4.90 Å². The minimum atomic E-state index is -0.926. The fourth-order valence-electron chi connectivity index (χ4n) is 2.74. The van der Waals surface area contributed by atoms with Crippen LogP contribution in [0.15, 0.2) is 60.9 Å². The summed E-state index contributed by atoms with van der Waals surface area (Å²) < 4.78 is 29.2. The molecule has 2 heterocycles. The maximum absolute atomic E-state index is 14.2. The average molecular weight is 416 g/mol. The van der Waals surface area contributed by atoms with E-state index in [0.29, 0.717) is 21.2 Å². The van der Waals surface area contributed by atoms with E-state index in [1.165, 1.54) is 22.3 Å². The predicted octanol–water partition coefficient (Wildman–Crippen LogP) is 5.47. The molecule has 140 valence electrons. The van der Waals surface area contributed by atoms with Gasteiger partial charge >= 0.3 is 0 Å². The third-order valence-corrected chi connectivity index (χ3v) is 5.33. The molecule has 0 spiro atoms.